The van der Waals surface area contributed by atoms with Crippen LogP contribution in [0, 0.1) is 4.91 Å². The molecule has 2 N–H and O–H groups in total. The first kappa shape index (κ1) is 22.4. The summed E-state index contributed by atoms with van der Waals surface area (Å²) in [5, 5.41) is 15.1. The van der Waals surface area contributed by atoms with Crippen LogP contribution < -0.4 is 10.6 Å². The van der Waals surface area contributed by atoms with E-state index in [0.717, 1.165) is 52.4 Å². The van der Waals surface area contributed by atoms with Crippen molar-refractivity contribution in [2.45, 2.75) is 64.2 Å². The van der Waals surface area contributed by atoms with Gasteiger partial charge in [-0.15, -0.1) is 0 Å². The van der Waals surface area contributed by atoms with E-state index < -0.39 is 0 Å². The van der Waals surface area contributed by atoms with Crippen LogP contribution in [0.3, 0.4) is 0 Å². The van der Waals surface area contributed by atoms with E-state index in [0.29, 0.717) is 12.1 Å². The van der Waals surface area contributed by atoms with Crippen LogP contribution in [0.15, 0.2) is 46.3 Å². The van der Waals surface area contributed by atoms with Gasteiger partial charge in [-0.2, -0.15) is 10.0 Å². The molecule has 2 aromatic heterocycles. The highest BCUT2D eigenvalue weighted by atomic mass is 79.9. The lowest BCUT2D eigenvalue weighted by atomic mass is 9.91. The number of aromatic nitrogens is 3. The van der Waals surface area contributed by atoms with Gasteiger partial charge >= 0.3 is 0 Å². The molecule has 0 bridgehead atoms. The van der Waals surface area contributed by atoms with E-state index in [9.17, 15) is 9.70 Å². The fourth-order valence-corrected chi connectivity index (χ4v) is 4.49. The molecule has 1 saturated carbocycles. The lowest BCUT2D eigenvalue weighted by Crippen LogP contribution is -2.31. The molecule has 0 radical (unpaired) electrons. The highest BCUT2D eigenvalue weighted by Gasteiger charge is 2.25. The van der Waals surface area contributed by atoms with Gasteiger partial charge in [0.25, 0.3) is 5.91 Å². The van der Waals surface area contributed by atoms with Gasteiger partial charge in [-0.3, -0.25) is 4.79 Å². The molecule has 3 aromatic rings. The number of hydrogen-bond donors (Lipinski definition) is 2. The lowest BCUT2D eigenvalue weighted by molar-refractivity contribution is 0.0940. The Balaban J connectivity index is 1.62. The van der Waals surface area contributed by atoms with Crippen LogP contribution in [-0.2, 0) is 6.54 Å². The number of fused-ring (bicyclic) bond motifs is 1. The zero-order chi connectivity index (χ0) is 22.7. The Hall–Kier alpha value is -2.81. The van der Waals surface area contributed by atoms with Crippen molar-refractivity contribution in [2.75, 3.05) is 5.32 Å². The maximum Gasteiger partial charge on any atom is 0.255 e. The number of amides is 1. The number of aryl methyl sites for hydroxylation is 1. The average Bonchev–Trinajstić information content (AvgIpc) is 3.23. The fourth-order valence-electron chi connectivity index (χ4n) is 4.22. The Morgan fingerprint density at radius 1 is 1.22 bits per heavy atom. The van der Waals surface area contributed by atoms with Crippen molar-refractivity contribution in [1.29, 1.82) is 0 Å². The van der Waals surface area contributed by atoms with Gasteiger partial charge in [0.15, 0.2) is 5.65 Å². The molecule has 1 atom stereocenters. The maximum atomic E-state index is 13.3. The predicted molar refractivity (Wildman–Crippen MR) is 129 cm³/mol. The quantitative estimate of drug-likeness (QED) is 0.436. The number of carbonyl (C=O) groups excluding carboxylic acids is 1. The van der Waals surface area contributed by atoms with Crippen molar-refractivity contribution in [2.24, 2.45) is 5.18 Å². The third kappa shape index (κ3) is 4.67. The molecule has 1 aliphatic carbocycles. The third-order valence-electron chi connectivity index (χ3n) is 6.12. The summed E-state index contributed by atoms with van der Waals surface area (Å²) < 4.78 is 2.81. The largest absolute Gasteiger partial charge is 0.381 e. The van der Waals surface area contributed by atoms with Crippen LogP contribution in [0.5, 0.6) is 0 Å². The molecule has 0 aliphatic heterocycles. The molecule has 0 spiro atoms. The van der Waals surface area contributed by atoms with Crippen molar-refractivity contribution < 1.29 is 4.79 Å². The SMILES string of the molecule is CCn1ncc2c(NC3CCC(N=O)CC3)c(C(=O)N[C@H](C)c3ccc(Br)cc3)cnc21. The molecule has 0 unspecified atom stereocenters. The van der Waals surface area contributed by atoms with Crippen LogP contribution in [0.25, 0.3) is 11.0 Å². The number of halogens is 1. The summed E-state index contributed by atoms with van der Waals surface area (Å²) in [6, 6.07) is 7.79. The number of nitrogens with zero attached hydrogens (tertiary/aromatic N) is 4. The zero-order valence-corrected chi connectivity index (χ0v) is 19.8. The Bertz CT molecular complexity index is 1110. The fraction of sp³-hybridized carbons (Fsp3) is 0.435. The Morgan fingerprint density at radius 3 is 2.59 bits per heavy atom. The molecule has 8 nitrogen and oxygen atoms in total. The van der Waals surface area contributed by atoms with Crippen molar-refractivity contribution in [1.82, 2.24) is 20.1 Å². The molecule has 168 valence electrons. The van der Waals surface area contributed by atoms with Gasteiger partial charge < -0.3 is 10.6 Å². The van der Waals surface area contributed by atoms with Crippen molar-refractivity contribution in [3.63, 3.8) is 0 Å². The molecule has 1 aromatic carbocycles. The number of pyridine rings is 1. The number of hydrogen-bond acceptors (Lipinski definition) is 6. The summed E-state index contributed by atoms with van der Waals surface area (Å²) in [4.78, 5) is 28.7. The topological polar surface area (TPSA) is 101 Å². The van der Waals surface area contributed by atoms with Gasteiger partial charge in [-0.1, -0.05) is 33.2 Å². The molecule has 1 aliphatic rings. The molecule has 1 amide bonds. The Labute approximate surface area is 195 Å². The van der Waals surface area contributed by atoms with E-state index in [1.165, 1.54) is 0 Å². The van der Waals surface area contributed by atoms with E-state index in [2.05, 4.69) is 41.8 Å². The highest BCUT2D eigenvalue weighted by molar-refractivity contribution is 9.10. The van der Waals surface area contributed by atoms with E-state index >= 15 is 0 Å². The van der Waals surface area contributed by atoms with Crippen LogP contribution in [0.1, 0.15) is 61.5 Å². The second-order valence-electron chi connectivity index (χ2n) is 8.25. The number of anilines is 1. The second kappa shape index (κ2) is 9.77. The lowest BCUT2D eigenvalue weighted by Gasteiger charge is -2.27. The van der Waals surface area contributed by atoms with Crippen LogP contribution in [0.4, 0.5) is 5.69 Å². The minimum Gasteiger partial charge on any atom is -0.381 e. The number of benzene rings is 1. The minimum absolute atomic E-state index is 0.108. The first-order valence-electron chi connectivity index (χ1n) is 11.0. The molecular weight excluding hydrogens is 472 g/mol. The van der Waals surface area contributed by atoms with Crippen LogP contribution in [-0.4, -0.2) is 32.8 Å². The minimum atomic E-state index is -0.190. The Kier molecular flexibility index (Phi) is 6.83. The summed E-state index contributed by atoms with van der Waals surface area (Å²) in [5.41, 5.74) is 3.00. The van der Waals surface area contributed by atoms with Gasteiger partial charge in [0.1, 0.15) is 0 Å². The monoisotopic (exact) mass is 498 g/mol. The summed E-state index contributed by atoms with van der Waals surface area (Å²) >= 11 is 3.44. The first-order chi connectivity index (χ1) is 15.5. The predicted octanol–water partition coefficient (Wildman–Crippen LogP) is 5.19. The first-order valence-corrected chi connectivity index (χ1v) is 11.8. The smallest absolute Gasteiger partial charge is 0.255 e. The van der Waals surface area contributed by atoms with E-state index in [4.69, 9.17) is 0 Å². The Morgan fingerprint density at radius 2 is 1.94 bits per heavy atom. The zero-order valence-electron chi connectivity index (χ0n) is 18.2. The highest BCUT2D eigenvalue weighted by Crippen LogP contribution is 2.31. The summed E-state index contributed by atoms with van der Waals surface area (Å²) in [5.74, 6) is -0.190. The molecule has 9 heteroatoms. The van der Waals surface area contributed by atoms with Crippen molar-refractivity contribution in [3.8, 4) is 0 Å². The van der Waals surface area contributed by atoms with Crippen molar-refractivity contribution >= 4 is 38.6 Å². The molecule has 4 rings (SSSR count). The second-order valence-corrected chi connectivity index (χ2v) is 9.16. The number of nitroso groups, excluding NO2 is 1. The van der Waals surface area contributed by atoms with Gasteiger partial charge in [-0.05, 0) is 57.2 Å². The van der Waals surface area contributed by atoms with Crippen LogP contribution >= 0.6 is 15.9 Å². The van der Waals surface area contributed by atoms with Crippen LogP contribution in [0.2, 0.25) is 0 Å². The molecular formula is C23H27BrN6O2. The van der Waals surface area contributed by atoms with Gasteiger partial charge in [0.2, 0.25) is 0 Å². The third-order valence-corrected chi connectivity index (χ3v) is 6.65. The maximum absolute atomic E-state index is 13.3. The average molecular weight is 499 g/mol. The molecule has 32 heavy (non-hydrogen) atoms. The summed E-state index contributed by atoms with van der Waals surface area (Å²) in [7, 11) is 0. The van der Waals surface area contributed by atoms with E-state index in [1.54, 1.807) is 12.4 Å². The number of carbonyl (C=O) groups is 1. The number of rotatable bonds is 7. The molecule has 0 saturated heterocycles. The van der Waals surface area contributed by atoms with Gasteiger partial charge in [0.05, 0.1) is 34.9 Å². The molecule has 1 fully saturated rings. The molecule has 2 heterocycles. The standard InChI is InChI=1S/C23H27BrN6O2/c1-3-30-22-19(13-26-30)21(28-17-8-10-18(29-32)11-9-17)20(12-25-22)23(31)27-14(2)15-4-6-16(24)7-5-15/h4-7,12-14,17-18H,3,8-11H2,1-2H3,(H,25,28)(H,27,31)/t14-,17?,18?/m1/s1. The van der Waals surface area contributed by atoms with E-state index in [-0.39, 0.29) is 24.0 Å². The van der Waals surface area contributed by atoms with Gasteiger partial charge in [0, 0.05) is 23.3 Å². The number of nitrogens with one attached hydrogen (secondary N) is 2. The van der Waals surface area contributed by atoms with Gasteiger partial charge in [-0.25, -0.2) is 9.67 Å². The van der Waals surface area contributed by atoms with E-state index in [1.807, 2.05) is 42.8 Å². The van der Waals surface area contributed by atoms with Crippen molar-refractivity contribution in [3.05, 3.63) is 57.2 Å². The summed E-state index contributed by atoms with van der Waals surface area (Å²) in [6.45, 7) is 4.66. The summed E-state index contributed by atoms with van der Waals surface area (Å²) in [6.07, 6.45) is 6.57. The normalized spacial score (nSPS) is 19.5.